The van der Waals surface area contributed by atoms with Gasteiger partial charge < -0.3 is 10.4 Å². The minimum absolute atomic E-state index is 0.280. The van der Waals surface area contributed by atoms with Crippen molar-refractivity contribution in [1.29, 1.82) is 0 Å². The van der Waals surface area contributed by atoms with Gasteiger partial charge in [-0.25, -0.2) is 9.78 Å². The Balaban J connectivity index is 3.27. The smallest absolute Gasteiger partial charge is 0.433 e. The molecule has 0 atom stereocenters. The van der Waals surface area contributed by atoms with Gasteiger partial charge in [-0.1, -0.05) is 0 Å². The molecule has 0 aliphatic heterocycles. The van der Waals surface area contributed by atoms with E-state index in [1.807, 2.05) is 0 Å². The summed E-state index contributed by atoms with van der Waals surface area (Å²) in [4.78, 5) is 24.5. The van der Waals surface area contributed by atoms with E-state index in [0.717, 1.165) is 6.92 Å². The van der Waals surface area contributed by atoms with Crippen LogP contribution in [-0.4, -0.2) is 22.0 Å². The average molecular weight is 248 g/mol. The first-order valence-corrected chi connectivity index (χ1v) is 4.30. The van der Waals surface area contributed by atoms with Crippen LogP contribution in [0.3, 0.4) is 0 Å². The maximum absolute atomic E-state index is 12.3. The van der Waals surface area contributed by atoms with E-state index < -0.39 is 29.3 Å². The van der Waals surface area contributed by atoms with Crippen molar-refractivity contribution < 1.29 is 27.9 Å². The molecule has 2 N–H and O–H groups in total. The number of amides is 1. The average Bonchev–Trinajstić information content (AvgIpc) is 2.15. The number of halogens is 3. The van der Waals surface area contributed by atoms with Crippen molar-refractivity contribution >= 4 is 17.6 Å². The highest BCUT2D eigenvalue weighted by molar-refractivity contribution is 5.99. The van der Waals surface area contributed by atoms with Crippen molar-refractivity contribution in [3.63, 3.8) is 0 Å². The van der Waals surface area contributed by atoms with Gasteiger partial charge >= 0.3 is 12.1 Å². The van der Waals surface area contributed by atoms with Crippen LogP contribution in [0.4, 0.5) is 18.9 Å². The third kappa shape index (κ3) is 3.16. The fourth-order valence-corrected chi connectivity index (χ4v) is 1.08. The molecule has 8 heteroatoms. The Morgan fingerprint density at radius 2 is 2.00 bits per heavy atom. The Bertz CT molecular complexity index is 471. The number of carbonyl (C=O) groups is 2. The molecule has 0 aromatic carbocycles. The van der Waals surface area contributed by atoms with Gasteiger partial charge in [0.1, 0.15) is 5.69 Å². The quantitative estimate of drug-likeness (QED) is 0.835. The van der Waals surface area contributed by atoms with E-state index in [2.05, 4.69) is 10.3 Å². The molecule has 0 radical (unpaired) electrons. The van der Waals surface area contributed by atoms with Crippen LogP contribution in [0.2, 0.25) is 0 Å². The molecule has 0 fully saturated rings. The number of hydrogen-bond acceptors (Lipinski definition) is 3. The van der Waals surface area contributed by atoms with Crippen molar-refractivity contribution in [1.82, 2.24) is 4.98 Å². The number of nitrogens with one attached hydrogen (secondary N) is 1. The van der Waals surface area contributed by atoms with Crippen molar-refractivity contribution in [2.24, 2.45) is 0 Å². The lowest BCUT2D eigenvalue weighted by molar-refractivity contribution is -0.141. The van der Waals surface area contributed by atoms with Gasteiger partial charge in [-0.05, 0) is 6.07 Å². The fourth-order valence-electron chi connectivity index (χ4n) is 1.08. The molecule has 0 unspecified atom stereocenters. The van der Waals surface area contributed by atoms with Gasteiger partial charge in [0.05, 0.1) is 17.4 Å². The molecule has 1 heterocycles. The Morgan fingerprint density at radius 1 is 1.41 bits per heavy atom. The maximum Gasteiger partial charge on any atom is 0.433 e. The van der Waals surface area contributed by atoms with E-state index in [4.69, 9.17) is 5.11 Å². The van der Waals surface area contributed by atoms with Gasteiger partial charge in [-0.2, -0.15) is 13.2 Å². The minimum Gasteiger partial charge on any atom is -0.478 e. The van der Waals surface area contributed by atoms with Crippen LogP contribution < -0.4 is 5.32 Å². The zero-order valence-corrected chi connectivity index (χ0v) is 8.50. The molecule has 17 heavy (non-hydrogen) atoms. The summed E-state index contributed by atoms with van der Waals surface area (Å²) >= 11 is 0. The van der Waals surface area contributed by atoms with Crippen molar-refractivity contribution in [2.75, 3.05) is 5.32 Å². The molecular formula is C9H7F3N2O3. The highest BCUT2D eigenvalue weighted by Crippen LogP contribution is 2.29. The molecule has 1 aromatic heterocycles. The van der Waals surface area contributed by atoms with Crippen LogP contribution in [-0.2, 0) is 11.0 Å². The van der Waals surface area contributed by atoms with Gasteiger partial charge in [0.25, 0.3) is 0 Å². The van der Waals surface area contributed by atoms with Crippen molar-refractivity contribution in [2.45, 2.75) is 13.1 Å². The van der Waals surface area contributed by atoms with Gasteiger partial charge in [0, 0.05) is 6.92 Å². The van der Waals surface area contributed by atoms with Crippen LogP contribution in [0.1, 0.15) is 23.0 Å². The highest BCUT2D eigenvalue weighted by atomic mass is 19.4. The predicted molar refractivity (Wildman–Crippen MR) is 50.5 cm³/mol. The van der Waals surface area contributed by atoms with Crippen LogP contribution in [0.25, 0.3) is 0 Å². The minimum atomic E-state index is -4.74. The SMILES string of the molecule is CC(=O)Nc1cnc(C(F)(F)F)cc1C(=O)O. The molecular weight excluding hydrogens is 241 g/mol. The van der Waals surface area contributed by atoms with E-state index in [-0.39, 0.29) is 5.69 Å². The number of anilines is 1. The third-order valence-corrected chi connectivity index (χ3v) is 1.74. The highest BCUT2D eigenvalue weighted by Gasteiger charge is 2.33. The first-order valence-electron chi connectivity index (χ1n) is 4.30. The number of carbonyl (C=O) groups excluding carboxylic acids is 1. The van der Waals surface area contributed by atoms with E-state index in [1.54, 1.807) is 0 Å². The molecule has 1 amide bonds. The molecule has 1 rings (SSSR count). The maximum atomic E-state index is 12.3. The second-order valence-corrected chi connectivity index (χ2v) is 3.10. The second-order valence-electron chi connectivity index (χ2n) is 3.10. The molecule has 5 nitrogen and oxygen atoms in total. The lowest BCUT2D eigenvalue weighted by Gasteiger charge is -2.10. The fraction of sp³-hybridized carbons (Fsp3) is 0.222. The van der Waals surface area contributed by atoms with Crippen molar-refractivity contribution in [3.8, 4) is 0 Å². The second kappa shape index (κ2) is 4.40. The zero-order valence-electron chi connectivity index (χ0n) is 8.50. The molecule has 0 saturated carbocycles. The Morgan fingerprint density at radius 3 is 2.41 bits per heavy atom. The first-order chi connectivity index (χ1) is 7.71. The Labute approximate surface area is 93.3 Å². The summed E-state index contributed by atoms with van der Waals surface area (Å²) in [5.41, 5.74) is -2.27. The standard InChI is InChI=1S/C9H7F3N2O3/c1-4(15)14-6-3-13-7(9(10,11)12)2-5(6)8(16)17/h2-3H,1H3,(H,14,15)(H,16,17). The number of pyridine rings is 1. The number of nitrogens with zero attached hydrogens (tertiary/aromatic N) is 1. The van der Waals surface area contributed by atoms with Crippen LogP contribution >= 0.6 is 0 Å². The summed E-state index contributed by atoms with van der Waals surface area (Å²) in [5, 5.41) is 10.8. The van der Waals surface area contributed by atoms with Gasteiger partial charge in [0.2, 0.25) is 5.91 Å². The van der Waals surface area contributed by atoms with Crippen molar-refractivity contribution in [3.05, 3.63) is 23.5 Å². The summed E-state index contributed by atoms with van der Waals surface area (Å²) in [7, 11) is 0. The molecule has 0 aliphatic rings. The van der Waals surface area contributed by atoms with Crippen LogP contribution in [0.5, 0.6) is 0 Å². The summed E-state index contributed by atoms with van der Waals surface area (Å²) in [6, 6.07) is 0.369. The third-order valence-electron chi connectivity index (χ3n) is 1.74. The van der Waals surface area contributed by atoms with E-state index in [0.29, 0.717) is 12.3 Å². The first kappa shape index (κ1) is 12.9. The van der Waals surface area contributed by atoms with Crippen LogP contribution in [0.15, 0.2) is 12.3 Å². The molecule has 92 valence electrons. The normalized spacial score (nSPS) is 11.1. The lowest BCUT2D eigenvalue weighted by atomic mass is 10.2. The number of aromatic carboxylic acids is 1. The molecule has 0 aliphatic carbocycles. The number of carboxylic acid groups (broad SMARTS) is 1. The van der Waals surface area contributed by atoms with Gasteiger partial charge in [0.15, 0.2) is 0 Å². The van der Waals surface area contributed by atoms with Crippen LogP contribution in [0, 0.1) is 0 Å². The molecule has 0 bridgehead atoms. The van der Waals surface area contributed by atoms with Gasteiger partial charge in [-0.3, -0.25) is 4.79 Å². The predicted octanol–water partition coefficient (Wildman–Crippen LogP) is 1.76. The summed E-state index contributed by atoms with van der Waals surface area (Å²) < 4.78 is 36.8. The lowest BCUT2D eigenvalue weighted by Crippen LogP contribution is -2.15. The van der Waals surface area contributed by atoms with E-state index in [9.17, 15) is 22.8 Å². The number of aromatic nitrogens is 1. The molecule has 0 saturated heterocycles. The van der Waals surface area contributed by atoms with E-state index in [1.165, 1.54) is 0 Å². The number of carboxylic acids is 1. The van der Waals surface area contributed by atoms with E-state index >= 15 is 0 Å². The summed E-state index contributed by atoms with van der Waals surface area (Å²) in [5.74, 6) is -2.18. The summed E-state index contributed by atoms with van der Waals surface area (Å²) in [6.45, 7) is 1.10. The number of alkyl halides is 3. The zero-order chi connectivity index (χ0) is 13.2. The molecule has 0 spiro atoms. The Kier molecular flexibility index (Phi) is 3.35. The molecule has 1 aromatic rings. The Hall–Kier alpha value is -2.12. The number of hydrogen-bond donors (Lipinski definition) is 2. The monoisotopic (exact) mass is 248 g/mol. The largest absolute Gasteiger partial charge is 0.478 e. The number of rotatable bonds is 2. The topological polar surface area (TPSA) is 79.3 Å². The van der Waals surface area contributed by atoms with Gasteiger partial charge in [-0.15, -0.1) is 0 Å². The summed E-state index contributed by atoms with van der Waals surface area (Å²) in [6.07, 6.45) is -4.08.